The summed E-state index contributed by atoms with van der Waals surface area (Å²) in [5.41, 5.74) is 2.59. The van der Waals surface area contributed by atoms with Crippen LogP contribution in [0, 0.1) is 0 Å². The van der Waals surface area contributed by atoms with Crippen LogP contribution >= 0.6 is 27.3 Å². The van der Waals surface area contributed by atoms with E-state index in [4.69, 9.17) is 4.74 Å². The molecular formula is C18H12BrN3O2S. The number of nitrogens with zero attached hydrogens (tertiary/aromatic N) is 3. The highest BCUT2D eigenvalue weighted by Gasteiger charge is 2.13. The van der Waals surface area contributed by atoms with Crippen molar-refractivity contribution in [1.82, 2.24) is 14.6 Å². The van der Waals surface area contributed by atoms with Crippen LogP contribution < -0.4 is 10.3 Å². The molecule has 4 rings (SSSR count). The highest BCUT2D eigenvalue weighted by atomic mass is 79.9. The molecule has 0 unspecified atom stereocenters. The second-order valence-corrected chi connectivity index (χ2v) is 7.07. The van der Waals surface area contributed by atoms with Gasteiger partial charge in [-0.3, -0.25) is 4.79 Å². The number of rotatable bonds is 3. The van der Waals surface area contributed by atoms with Crippen LogP contribution in [0.25, 0.3) is 27.5 Å². The molecule has 0 amide bonds. The van der Waals surface area contributed by atoms with Gasteiger partial charge in [-0.2, -0.15) is 10.1 Å². The van der Waals surface area contributed by atoms with Crippen LogP contribution in [0.5, 0.6) is 5.75 Å². The fourth-order valence-corrected chi connectivity index (χ4v) is 3.60. The Kier molecular flexibility index (Phi) is 4.10. The standard InChI is InChI=1S/C18H12BrN3O2S/c1-24-14-8-4-12(5-9-14)16-17(23)20-18-22(21-16)15(10-25-18)11-2-6-13(19)7-3-11/h2-10H,1H3. The van der Waals surface area contributed by atoms with Crippen LogP contribution in [0.4, 0.5) is 0 Å². The van der Waals surface area contributed by atoms with Gasteiger partial charge >= 0.3 is 5.56 Å². The van der Waals surface area contributed by atoms with Crippen LogP contribution in [0.1, 0.15) is 0 Å². The molecule has 0 N–H and O–H groups in total. The van der Waals surface area contributed by atoms with Crippen molar-refractivity contribution in [1.29, 1.82) is 0 Å². The molecule has 0 aliphatic heterocycles. The lowest BCUT2D eigenvalue weighted by Gasteiger charge is -2.05. The first-order valence-corrected chi connectivity index (χ1v) is 9.12. The third-order valence-electron chi connectivity index (χ3n) is 3.79. The second-order valence-electron chi connectivity index (χ2n) is 5.32. The first-order chi connectivity index (χ1) is 12.2. The molecule has 0 saturated carbocycles. The van der Waals surface area contributed by atoms with E-state index in [9.17, 15) is 4.79 Å². The minimum absolute atomic E-state index is 0.317. The van der Waals surface area contributed by atoms with E-state index in [-0.39, 0.29) is 5.56 Å². The summed E-state index contributed by atoms with van der Waals surface area (Å²) in [5.74, 6) is 0.726. The van der Waals surface area contributed by atoms with Gasteiger partial charge < -0.3 is 4.74 Å². The highest BCUT2D eigenvalue weighted by molar-refractivity contribution is 9.10. The lowest BCUT2D eigenvalue weighted by molar-refractivity contribution is 0.415. The molecule has 0 bridgehead atoms. The molecular weight excluding hydrogens is 402 g/mol. The van der Waals surface area contributed by atoms with Gasteiger partial charge in [-0.1, -0.05) is 28.1 Å². The maximum absolute atomic E-state index is 12.4. The maximum atomic E-state index is 12.4. The number of halogens is 1. The summed E-state index contributed by atoms with van der Waals surface area (Å²) >= 11 is 4.83. The van der Waals surface area contributed by atoms with Gasteiger partial charge in [-0.15, -0.1) is 11.3 Å². The van der Waals surface area contributed by atoms with E-state index in [0.29, 0.717) is 16.2 Å². The van der Waals surface area contributed by atoms with Gasteiger partial charge in [0, 0.05) is 21.0 Å². The number of methoxy groups -OCH3 is 1. The Morgan fingerprint density at radius 1 is 1.04 bits per heavy atom. The molecule has 5 nitrogen and oxygen atoms in total. The summed E-state index contributed by atoms with van der Waals surface area (Å²) in [6, 6.07) is 15.2. The van der Waals surface area contributed by atoms with Crippen molar-refractivity contribution in [2.24, 2.45) is 0 Å². The Bertz CT molecular complexity index is 1100. The summed E-state index contributed by atoms with van der Waals surface area (Å²) < 4.78 is 7.88. The van der Waals surface area contributed by atoms with Gasteiger partial charge in [0.2, 0.25) is 4.96 Å². The van der Waals surface area contributed by atoms with Crippen molar-refractivity contribution in [3.8, 4) is 28.3 Å². The molecule has 2 heterocycles. The minimum Gasteiger partial charge on any atom is -0.497 e. The zero-order valence-electron chi connectivity index (χ0n) is 13.1. The van der Waals surface area contributed by atoms with Crippen LogP contribution in [-0.4, -0.2) is 21.7 Å². The molecule has 0 atom stereocenters. The van der Waals surface area contributed by atoms with Gasteiger partial charge in [0.15, 0.2) is 5.69 Å². The van der Waals surface area contributed by atoms with Crippen molar-refractivity contribution in [3.63, 3.8) is 0 Å². The lowest BCUT2D eigenvalue weighted by Crippen LogP contribution is -2.14. The number of aromatic nitrogens is 3. The molecule has 25 heavy (non-hydrogen) atoms. The number of ether oxygens (including phenoxy) is 1. The fraction of sp³-hybridized carbons (Fsp3) is 0.0556. The summed E-state index contributed by atoms with van der Waals surface area (Å²) in [6.07, 6.45) is 0. The predicted octanol–water partition coefficient (Wildman–Crippen LogP) is 4.26. The van der Waals surface area contributed by atoms with Crippen molar-refractivity contribution in [2.75, 3.05) is 7.11 Å². The van der Waals surface area contributed by atoms with Crippen LogP contribution in [0.15, 0.2) is 63.2 Å². The highest BCUT2D eigenvalue weighted by Crippen LogP contribution is 2.26. The zero-order valence-corrected chi connectivity index (χ0v) is 15.5. The summed E-state index contributed by atoms with van der Waals surface area (Å²) in [5, 5.41) is 6.51. The number of hydrogen-bond donors (Lipinski definition) is 0. The van der Waals surface area contributed by atoms with Gasteiger partial charge in [-0.05, 0) is 36.4 Å². The molecule has 0 aliphatic carbocycles. The Balaban J connectivity index is 1.88. The Morgan fingerprint density at radius 2 is 1.72 bits per heavy atom. The quantitative estimate of drug-likeness (QED) is 0.503. The Morgan fingerprint density at radius 3 is 2.40 bits per heavy atom. The fourth-order valence-electron chi connectivity index (χ4n) is 2.51. The molecule has 0 radical (unpaired) electrons. The maximum Gasteiger partial charge on any atom is 0.300 e. The topological polar surface area (TPSA) is 56.5 Å². The minimum atomic E-state index is -0.339. The molecule has 0 aliphatic rings. The normalized spacial score (nSPS) is 11.0. The molecule has 0 spiro atoms. The van der Waals surface area contributed by atoms with Gasteiger partial charge in [-0.25, -0.2) is 4.52 Å². The van der Waals surface area contributed by atoms with Crippen LogP contribution in [0.2, 0.25) is 0 Å². The molecule has 2 aromatic carbocycles. The molecule has 124 valence electrons. The van der Waals surface area contributed by atoms with Crippen LogP contribution in [-0.2, 0) is 0 Å². The number of thiazole rings is 1. The van der Waals surface area contributed by atoms with Gasteiger partial charge in [0.05, 0.1) is 12.8 Å². The van der Waals surface area contributed by atoms with Crippen molar-refractivity contribution in [2.45, 2.75) is 0 Å². The third-order valence-corrected chi connectivity index (χ3v) is 5.13. The summed E-state index contributed by atoms with van der Waals surface area (Å²) in [6.45, 7) is 0. The molecule has 4 aromatic rings. The first-order valence-electron chi connectivity index (χ1n) is 7.44. The summed E-state index contributed by atoms with van der Waals surface area (Å²) in [4.78, 5) is 17.1. The van der Waals surface area contributed by atoms with Gasteiger partial charge in [0.1, 0.15) is 5.75 Å². The largest absolute Gasteiger partial charge is 0.497 e. The van der Waals surface area contributed by atoms with E-state index in [2.05, 4.69) is 26.0 Å². The first kappa shape index (κ1) is 16.0. The number of fused-ring (bicyclic) bond motifs is 1. The molecule has 0 saturated heterocycles. The van der Waals surface area contributed by atoms with Crippen molar-refractivity contribution in [3.05, 3.63) is 68.7 Å². The zero-order chi connectivity index (χ0) is 17.4. The average molecular weight is 414 g/mol. The van der Waals surface area contributed by atoms with Crippen molar-refractivity contribution >= 4 is 32.2 Å². The Hall–Kier alpha value is -2.51. The monoisotopic (exact) mass is 413 g/mol. The third kappa shape index (κ3) is 2.96. The van der Waals surface area contributed by atoms with Gasteiger partial charge in [0.25, 0.3) is 0 Å². The second kappa shape index (κ2) is 6.42. The smallest absolute Gasteiger partial charge is 0.300 e. The van der Waals surface area contributed by atoms with E-state index in [1.165, 1.54) is 11.3 Å². The van der Waals surface area contributed by atoms with E-state index in [1.54, 1.807) is 23.8 Å². The lowest BCUT2D eigenvalue weighted by atomic mass is 10.1. The summed E-state index contributed by atoms with van der Waals surface area (Å²) in [7, 11) is 1.60. The van der Waals surface area contributed by atoms with E-state index in [1.807, 2.05) is 41.8 Å². The molecule has 0 fully saturated rings. The molecule has 7 heteroatoms. The van der Waals surface area contributed by atoms with Crippen molar-refractivity contribution < 1.29 is 4.74 Å². The van der Waals surface area contributed by atoms with E-state index in [0.717, 1.165) is 21.5 Å². The van der Waals surface area contributed by atoms with Crippen LogP contribution in [0.3, 0.4) is 0 Å². The number of hydrogen-bond acceptors (Lipinski definition) is 5. The Labute approximate surface area is 155 Å². The SMILES string of the molecule is COc1ccc(-c2nn3c(-c4ccc(Br)cc4)csc3nc2=O)cc1. The van der Waals surface area contributed by atoms with E-state index >= 15 is 0 Å². The average Bonchev–Trinajstić information content (AvgIpc) is 3.04. The van der Waals surface area contributed by atoms with E-state index < -0.39 is 0 Å². The molecule has 2 aromatic heterocycles. The predicted molar refractivity (Wildman–Crippen MR) is 102 cm³/mol. The number of benzene rings is 2.